The predicted molar refractivity (Wildman–Crippen MR) is 201 cm³/mol. The largest absolute Gasteiger partial charge is 0.480 e. The number of ether oxygens (including phenoxy) is 2. The summed E-state index contributed by atoms with van der Waals surface area (Å²) in [5.41, 5.74) is 4.76. The monoisotopic (exact) mass is 728 g/mol. The van der Waals surface area contributed by atoms with Crippen molar-refractivity contribution in [3.05, 3.63) is 95.6 Å². The first kappa shape index (κ1) is 40.4. The Morgan fingerprint density at radius 2 is 1.28 bits per heavy atom. The van der Waals surface area contributed by atoms with Crippen LogP contribution in [0.15, 0.2) is 78.9 Å². The molecule has 0 saturated carbocycles. The fourth-order valence-electron chi connectivity index (χ4n) is 6.26. The van der Waals surface area contributed by atoms with Crippen LogP contribution < -0.4 is 21.3 Å². The lowest BCUT2D eigenvalue weighted by atomic mass is 9.98. The summed E-state index contributed by atoms with van der Waals surface area (Å²) >= 11 is 0. The Hall–Kier alpha value is -5.39. The summed E-state index contributed by atoms with van der Waals surface area (Å²) in [7, 11) is 0. The number of fused-ring (bicyclic) bond motifs is 3. The van der Waals surface area contributed by atoms with Gasteiger partial charge in [-0.2, -0.15) is 0 Å². The first-order valence-electron chi connectivity index (χ1n) is 18.3. The lowest BCUT2D eigenvalue weighted by Gasteiger charge is -2.22. The van der Waals surface area contributed by atoms with Gasteiger partial charge in [0.25, 0.3) is 0 Å². The summed E-state index contributed by atoms with van der Waals surface area (Å²) in [6, 6.07) is 23.2. The van der Waals surface area contributed by atoms with Crippen LogP contribution in [-0.2, 0) is 30.3 Å². The molecule has 0 fully saturated rings. The molecule has 3 aromatic carbocycles. The zero-order valence-corrected chi connectivity index (χ0v) is 30.8. The third kappa shape index (κ3) is 13.3. The Morgan fingerprint density at radius 3 is 1.91 bits per heavy atom. The van der Waals surface area contributed by atoms with Crippen molar-refractivity contribution in [2.24, 2.45) is 0 Å². The number of hydrogen-bond acceptors (Lipinski definition) is 7. The van der Waals surface area contributed by atoms with E-state index in [1.165, 1.54) is 0 Å². The van der Waals surface area contributed by atoms with Crippen molar-refractivity contribution in [1.29, 1.82) is 0 Å². The van der Waals surface area contributed by atoms with Crippen molar-refractivity contribution < 1.29 is 38.6 Å². The number of rotatable bonds is 19. The maximum Gasteiger partial charge on any atom is 0.407 e. The Morgan fingerprint density at radius 1 is 0.698 bits per heavy atom. The maximum absolute atomic E-state index is 13.4. The van der Waals surface area contributed by atoms with E-state index < -0.39 is 41.7 Å². The number of carboxylic acids is 1. The standard InChI is InChI=1S/C41H52N4O8/c1-41(2,3)53-40(51)43-24-14-5-8-23-36(46)44-35(26-28-16-6-4-7-17-28)37(47)45-34(38(48)49)22-13-15-25-42-39(50)52-27-33-31-20-11-9-18-29(31)30-19-10-12-21-32(30)33/h4,6-7,9-12,16-21,33-35H,5,8,13-15,22-27H2,1-3H3,(H,42,50)(H,43,51)(H,44,46)(H,45,47)(H,48,49). The molecule has 0 aromatic heterocycles. The van der Waals surface area contributed by atoms with Gasteiger partial charge in [0.1, 0.15) is 24.3 Å². The van der Waals surface area contributed by atoms with Crippen LogP contribution in [0.2, 0.25) is 0 Å². The van der Waals surface area contributed by atoms with Crippen molar-refractivity contribution in [3.8, 4) is 11.1 Å². The summed E-state index contributed by atoms with van der Waals surface area (Å²) in [6.07, 6.45) is 2.22. The van der Waals surface area contributed by atoms with Crippen molar-refractivity contribution >= 4 is 30.0 Å². The zero-order valence-electron chi connectivity index (χ0n) is 30.8. The Balaban J connectivity index is 1.18. The van der Waals surface area contributed by atoms with Crippen molar-refractivity contribution in [2.75, 3.05) is 19.7 Å². The van der Waals surface area contributed by atoms with Crippen LogP contribution in [0.25, 0.3) is 11.1 Å². The molecule has 4 rings (SSSR count). The minimum absolute atomic E-state index is 0.0524. The van der Waals surface area contributed by atoms with Gasteiger partial charge in [0.2, 0.25) is 11.8 Å². The van der Waals surface area contributed by atoms with Crippen LogP contribution in [-0.4, -0.2) is 72.5 Å². The fourth-order valence-corrected chi connectivity index (χ4v) is 6.26. The number of carbonyl (C=O) groups excluding carboxylic acids is 4. The minimum atomic E-state index is -1.19. The van der Waals surface area contributed by atoms with Crippen LogP contribution in [0.5, 0.6) is 0 Å². The van der Waals surface area contributed by atoms with Gasteiger partial charge in [-0.1, -0.05) is 85.3 Å². The molecule has 5 N–H and O–H groups in total. The molecule has 0 saturated heterocycles. The highest BCUT2D eigenvalue weighted by Gasteiger charge is 2.29. The normalized spacial score (nSPS) is 13.1. The zero-order chi connectivity index (χ0) is 38.2. The Kier molecular flexibility index (Phi) is 15.2. The molecule has 0 radical (unpaired) electrons. The molecule has 0 aliphatic heterocycles. The average molecular weight is 729 g/mol. The van der Waals surface area contributed by atoms with Gasteiger partial charge in [0.05, 0.1) is 0 Å². The highest BCUT2D eigenvalue weighted by Crippen LogP contribution is 2.44. The van der Waals surface area contributed by atoms with Crippen molar-refractivity contribution in [3.63, 3.8) is 0 Å². The number of carbonyl (C=O) groups is 5. The molecule has 284 valence electrons. The number of aliphatic carboxylic acids is 1. The van der Waals surface area contributed by atoms with E-state index in [1.807, 2.05) is 54.6 Å². The summed E-state index contributed by atoms with van der Waals surface area (Å²) < 4.78 is 10.8. The molecule has 1 aliphatic carbocycles. The third-order valence-corrected chi connectivity index (χ3v) is 8.83. The van der Waals surface area contributed by atoms with E-state index >= 15 is 0 Å². The minimum Gasteiger partial charge on any atom is -0.480 e. The number of alkyl carbamates (subject to hydrolysis) is 2. The Bertz CT molecular complexity index is 1640. The third-order valence-electron chi connectivity index (χ3n) is 8.83. The van der Waals surface area contributed by atoms with Gasteiger partial charge in [0, 0.05) is 31.8 Å². The van der Waals surface area contributed by atoms with E-state index in [9.17, 15) is 29.1 Å². The fraction of sp³-hybridized carbons (Fsp3) is 0.439. The second kappa shape index (κ2) is 20.0. The van der Waals surface area contributed by atoms with Crippen LogP contribution in [0.4, 0.5) is 9.59 Å². The number of nitrogens with one attached hydrogen (secondary N) is 4. The SMILES string of the molecule is CC(C)(C)OC(=O)NCCCCCC(=O)NC(Cc1ccccc1)C(=O)NC(CCCCNC(=O)OCC1c2ccccc2-c2ccccc21)C(=O)O. The molecule has 53 heavy (non-hydrogen) atoms. The molecule has 3 aromatic rings. The lowest BCUT2D eigenvalue weighted by molar-refractivity contribution is -0.142. The van der Waals surface area contributed by atoms with E-state index in [-0.39, 0.29) is 44.2 Å². The van der Waals surface area contributed by atoms with Gasteiger partial charge >= 0.3 is 18.2 Å². The van der Waals surface area contributed by atoms with Gasteiger partial charge in [-0.3, -0.25) is 9.59 Å². The number of unbranched alkanes of at least 4 members (excludes halogenated alkanes) is 3. The van der Waals surface area contributed by atoms with Crippen molar-refractivity contribution in [1.82, 2.24) is 21.3 Å². The number of carboxylic acid groups (broad SMARTS) is 1. The van der Waals surface area contributed by atoms with Crippen molar-refractivity contribution in [2.45, 2.75) is 95.7 Å². The topological polar surface area (TPSA) is 172 Å². The quantitative estimate of drug-likeness (QED) is 0.0925. The number of benzene rings is 3. The van der Waals surface area contributed by atoms with Gasteiger partial charge < -0.3 is 35.8 Å². The van der Waals surface area contributed by atoms with Crippen LogP contribution in [0.3, 0.4) is 0 Å². The van der Waals surface area contributed by atoms with E-state index in [1.54, 1.807) is 20.8 Å². The summed E-state index contributed by atoms with van der Waals surface area (Å²) in [5, 5.41) is 20.7. The first-order valence-corrected chi connectivity index (χ1v) is 18.3. The van der Waals surface area contributed by atoms with Crippen LogP contribution in [0, 0.1) is 0 Å². The van der Waals surface area contributed by atoms with Crippen LogP contribution in [0.1, 0.15) is 88.3 Å². The molecular formula is C41H52N4O8. The second-order valence-electron chi connectivity index (χ2n) is 14.2. The molecule has 2 unspecified atom stereocenters. The average Bonchev–Trinajstić information content (AvgIpc) is 3.44. The lowest BCUT2D eigenvalue weighted by Crippen LogP contribution is -2.52. The highest BCUT2D eigenvalue weighted by molar-refractivity contribution is 5.90. The number of hydrogen-bond donors (Lipinski definition) is 5. The smallest absolute Gasteiger partial charge is 0.407 e. The molecule has 2 atom stereocenters. The number of amides is 4. The van der Waals surface area contributed by atoms with E-state index in [0.717, 1.165) is 27.8 Å². The molecule has 12 heteroatoms. The summed E-state index contributed by atoms with van der Waals surface area (Å²) in [4.78, 5) is 62.7. The van der Waals surface area contributed by atoms with E-state index in [0.29, 0.717) is 38.6 Å². The molecule has 1 aliphatic rings. The van der Waals surface area contributed by atoms with Gasteiger partial charge in [-0.15, -0.1) is 0 Å². The maximum atomic E-state index is 13.4. The van der Waals surface area contributed by atoms with E-state index in [2.05, 4.69) is 45.5 Å². The van der Waals surface area contributed by atoms with Gasteiger partial charge in [0.15, 0.2) is 0 Å². The van der Waals surface area contributed by atoms with Gasteiger partial charge in [-0.05, 0) is 80.7 Å². The van der Waals surface area contributed by atoms with E-state index in [4.69, 9.17) is 9.47 Å². The summed E-state index contributed by atoms with van der Waals surface area (Å²) in [6.45, 7) is 6.25. The highest BCUT2D eigenvalue weighted by atomic mass is 16.6. The first-order chi connectivity index (χ1) is 25.4. The van der Waals surface area contributed by atoms with Crippen LogP contribution >= 0.6 is 0 Å². The molecular weight excluding hydrogens is 676 g/mol. The molecule has 12 nitrogen and oxygen atoms in total. The summed E-state index contributed by atoms with van der Waals surface area (Å²) in [5.74, 6) is -2.16. The van der Waals surface area contributed by atoms with Gasteiger partial charge in [-0.25, -0.2) is 14.4 Å². The molecule has 0 bridgehead atoms. The molecule has 4 amide bonds. The molecule has 0 heterocycles. The predicted octanol–water partition coefficient (Wildman–Crippen LogP) is 6.08. The molecule has 0 spiro atoms. The Labute approximate surface area is 311 Å². The second-order valence-corrected chi connectivity index (χ2v) is 14.2.